The molecule has 0 radical (unpaired) electrons. The molecule has 0 aliphatic carbocycles. The monoisotopic (exact) mass is 294 g/mol. The zero-order valence-corrected chi connectivity index (χ0v) is 12.1. The summed E-state index contributed by atoms with van der Waals surface area (Å²) in [7, 11) is 0. The highest BCUT2D eigenvalue weighted by Crippen LogP contribution is 2.35. The van der Waals surface area contributed by atoms with Gasteiger partial charge in [-0.15, -0.1) is 0 Å². The second kappa shape index (κ2) is 6.62. The summed E-state index contributed by atoms with van der Waals surface area (Å²) in [4.78, 5) is 1.99. The fourth-order valence-electron chi connectivity index (χ4n) is 3.30. The number of halogens is 3. The van der Waals surface area contributed by atoms with Crippen LogP contribution in [0.15, 0.2) is 0 Å². The van der Waals surface area contributed by atoms with Gasteiger partial charge in [0.25, 0.3) is 0 Å². The van der Waals surface area contributed by atoms with Crippen LogP contribution in [0, 0.1) is 11.3 Å². The van der Waals surface area contributed by atoms with E-state index in [1.54, 1.807) is 0 Å². The van der Waals surface area contributed by atoms with Gasteiger partial charge in [-0.25, -0.2) is 0 Å². The van der Waals surface area contributed by atoms with Crippen LogP contribution in [0.1, 0.15) is 26.2 Å². The molecule has 0 amide bonds. The second-order valence-corrected chi connectivity index (χ2v) is 6.20. The molecule has 1 N–H and O–H groups in total. The number of hydrogen-bond donors (Lipinski definition) is 1. The topological polar surface area (TPSA) is 24.5 Å². The molecule has 0 aromatic carbocycles. The van der Waals surface area contributed by atoms with Crippen molar-refractivity contribution in [3.05, 3.63) is 0 Å². The van der Waals surface area contributed by atoms with Crippen LogP contribution in [0.25, 0.3) is 0 Å². The normalized spacial score (nSPS) is 32.7. The van der Waals surface area contributed by atoms with E-state index in [0.717, 1.165) is 32.7 Å². The van der Waals surface area contributed by atoms with Crippen LogP contribution in [0.5, 0.6) is 0 Å². The van der Waals surface area contributed by atoms with Crippen LogP contribution in [0.4, 0.5) is 13.2 Å². The molecule has 2 rings (SSSR count). The lowest BCUT2D eigenvalue weighted by molar-refractivity contribution is -0.187. The van der Waals surface area contributed by atoms with E-state index < -0.39 is 12.1 Å². The van der Waals surface area contributed by atoms with E-state index in [4.69, 9.17) is 4.74 Å². The first-order chi connectivity index (χ1) is 9.45. The molecule has 0 aromatic heterocycles. The molecule has 0 aromatic rings. The van der Waals surface area contributed by atoms with Crippen LogP contribution in [-0.4, -0.2) is 57.0 Å². The summed E-state index contributed by atoms with van der Waals surface area (Å²) in [6.45, 7) is 6.78. The number of piperidine rings is 1. The number of nitrogens with zero attached hydrogens (tertiary/aromatic N) is 1. The molecule has 2 aliphatic heterocycles. The number of alkyl halides is 3. The van der Waals surface area contributed by atoms with Crippen molar-refractivity contribution in [2.24, 2.45) is 11.3 Å². The Hall–Kier alpha value is -0.330. The SMILES string of the molecule is CCNCC1(CN2CCCC(C(F)(F)F)C2)CCOC1. The first kappa shape index (κ1) is 16.0. The molecule has 118 valence electrons. The summed E-state index contributed by atoms with van der Waals surface area (Å²) in [6, 6.07) is 0. The van der Waals surface area contributed by atoms with E-state index in [2.05, 4.69) is 5.32 Å². The third-order valence-corrected chi connectivity index (χ3v) is 4.46. The smallest absolute Gasteiger partial charge is 0.381 e. The summed E-state index contributed by atoms with van der Waals surface area (Å²) < 4.78 is 44.1. The van der Waals surface area contributed by atoms with Gasteiger partial charge < -0.3 is 15.0 Å². The van der Waals surface area contributed by atoms with Gasteiger partial charge in [-0.1, -0.05) is 6.92 Å². The molecular formula is C14H25F3N2O. The molecule has 0 spiro atoms. The van der Waals surface area contributed by atoms with Crippen molar-refractivity contribution in [1.82, 2.24) is 10.2 Å². The van der Waals surface area contributed by atoms with Gasteiger partial charge in [-0.2, -0.15) is 13.2 Å². The van der Waals surface area contributed by atoms with Crippen LogP contribution in [0.2, 0.25) is 0 Å². The van der Waals surface area contributed by atoms with Gasteiger partial charge in [0, 0.05) is 31.7 Å². The third-order valence-electron chi connectivity index (χ3n) is 4.46. The van der Waals surface area contributed by atoms with E-state index in [0.29, 0.717) is 19.6 Å². The van der Waals surface area contributed by atoms with Crippen molar-refractivity contribution < 1.29 is 17.9 Å². The number of hydrogen-bond acceptors (Lipinski definition) is 3. The highest BCUT2D eigenvalue weighted by Gasteiger charge is 2.44. The Morgan fingerprint density at radius 3 is 2.80 bits per heavy atom. The van der Waals surface area contributed by atoms with Gasteiger partial charge >= 0.3 is 6.18 Å². The lowest BCUT2D eigenvalue weighted by Gasteiger charge is -2.39. The van der Waals surface area contributed by atoms with E-state index >= 15 is 0 Å². The minimum Gasteiger partial charge on any atom is -0.381 e. The minimum absolute atomic E-state index is 0.0104. The molecule has 2 heterocycles. The lowest BCUT2D eigenvalue weighted by atomic mass is 9.85. The predicted molar refractivity (Wildman–Crippen MR) is 71.6 cm³/mol. The summed E-state index contributed by atoms with van der Waals surface area (Å²) >= 11 is 0. The Morgan fingerprint density at radius 1 is 1.40 bits per heavy atom. The minimum atomic E-state index is -4.06. The largest absolute Gasteiger partial charge is 0.393 e. The molecule has 6 heteroatoms. The van der Waals surface area contributed by atoms with Crippen molar-refractivity contribution in [1.29, 1.82) is 0 Å². The average Bonchev–Trinajstić information content (AvgIpc) is 2.85. The molecule has 20 heavy (non-hydrogen) atoms. The Morgan fingerprint density at radius 2 is 2.20 bits per heavy atom. The van der Waals surface area contributed by atoms with E-state index in [9.17, 15) is 13.2 Å². The number of ether oxygens (including phenoxy) is 1. The maximum atomic E-state index is 12.9. The first-order valence-corrected chi connectivity index (χ1v) is 7.53. The van der Waals surface area contributed by atoms with Gasteiger partial charge in [0.2, 0.25) is 0 Å². The number of likely N-dealkylation sites (tertiary alicyclic amines) is 1. The van der Waals surface area contributed by atoms with E-state index in [-0.39, 0.29) is 18.4 Å². The zero-order chi connectivity index (χ0) is 14.6. The summed E-state index contributed by atoms with van der Waals surface area (Å²) in [5.74, 6) is -1.16. The molecular weight excluding hydrogens is 269 g/mol. The molecule has 2 fully saturated rings. The Bertz CT molecular complexity index is 303. The third kappa shape index (κ3) is 4.09. The molecule has 2 unspecified atom stereocenters. The summed E-state index contributed by atoms with van der Waals surface area (Å²) in [5, 5.41) is 3.33. The van der Waals surface area contributed by atoms with Crippen LogP contribution >= 0.6 is 0 Å². The molecule has 2 aliphatic rings. The molecule has 0 bridgehead atoms. The Balaban J connectivity index is 1.93. The first-order valence-electron chi connectivity index (χ1n) is 7.53. The second-order valence-electron chi connectivity index (χ2n) is 6.20. The van der Waals surface area contributed by atoms with E-state index in [1.807, 2.05) is 11.8 Å². The maximum Gasteiger partial charge on any atom is 0.393 e. The maximum absolute atomic E-state index is 12.9. The van der Waals surface area contributed by atoms with Crippen molar-refractivity contribution in [2.75, 3.05) is 45.9 Å². The van der Waals surface area contributed by atoms with Gasteiger partial charge in [0.15, 0.2) is 0 Å². The predicted octanol–water partition coefficient (Wildman–Crippen LogP) is 2.28. The van der Waals surface area contributed by atoms with E-state index in [1.165, 1.54) is 0 Å². The summed E-state index contributed by atoms with van der Waals surface area (Å²) in [5.41, 5.74) is -0.0104. The van der Waals surface area contributed by atoms with Crippen LogP contribution in [0.3, 0.4) is 0 Å². The highest BCUT2D eigenvalue weighted by atomic mass is 19.4. The average molecular weight is 294 g/mol. The molecule has 2 saturated heterocycles. The highest BCUT2D eigenvalue weighted by molar-refractivity contribution is 4.90. The lowest BCUT2D eigenvalue weighted by Crippen LogP contribution is -2.49. The zero-order valence-electron chi connectivity index (χ0n) is 12.1. The van der Waals surface area contributed by atoms with Gasteiger partial charge in [-0.05, 0) is 32.4 Å². The van der Waals surface area contributed by atoms with Crippen molar-refractivity contribution in [2.45, 2.75) is 32.4 Å². The van der Waals surface area contributed by atoms with Gasteiger partial charge in [-0.3, -0.25) is 0 Å². The molecule has 0 saturated carbocycles. The Kier molecular flexibility index (Phi) is 5.31. The van der Waals surface area contributed by atoms with Gasteiger partial charge in [0.05, 0.1) is 12.5 Å². The van der Waals surface area contributed by atoms with Crippen LogP contribution in [-0.2, 0) is 4.74 Å². The fraction of sp³-hybridized carbons (Fsp3) is 1.00. The van der Waals surface area contributed by atoms with Crippen molar-refractivity contribution >= 4 is 0 Å². The Labute approximate surface area is 118 Å². The van der Waals surface area contributed by atoms with Crippen molar-refractivity contribution in [3.63, 3.8) is 0 Å². The number of rotatable bonds is 5. The number of nitrogens with one attached hydrogen (secondary N) is 1. The molecule has 3 nitrogen and oxygen atoms in total. The summed E-state index contributed by atoms with van der Waals surface area (Å²) in [6.07, 6.45) is -2.20. The quantitative estimate of drug-likeness (QED) is 0.842. The van der Waals surface area contributed by atoms with Gasteiger partial charge in [0.1, 0.15) is 0 Å². The van der Waals surface area contributed by atoms with Crippen molar-refractivity contribution in [3.8, 4) is 0 Å². The fourth-order valence-corrected chi connectivity index (χ4v) is 3.30. The standard InChI is InChI=1S/C14H25F3N2O/c1-2-18-9-13(5-7-20-11-13)10-19-6-3-4-12(8-19)14(15,16)17/h12,18H,2-11H2,1H3. The van der Waals surface area contributed by atoms with Crippen LogP contribution < -0.4 is 5.32 Å². The molecule has 2 atom stereocenters.